The summed E-state index contributed by atoms with van der Waals surface area (Å²) in [6.07, 6.45) is 13.6. The predicted molar refractivity (Wildman–Crippen MR) is 91.4 cm³/mol. The maximum atomic E-state index is 6.13. The van der Waals surface area contributed by atoms with Crippen LogP contribution in [0.5, 0.6) is 0 Å². The molecule has 0 aromatic heterocycles. The van der Waals surface area contributed by atoms with Gasteiger partial charge < -0.3 is 0 Å². The first kappa shape index (κ1) is 16.2. The van der Waals surface area contributed by atoms with Gasteiger partial charge in [-0.3, -0.25) is 16.3 Å². The van der Waals surface area contributed by atoms with Crippen LogP contribution in [0, 0.1) is 0 Å². The number of hydrogen-bond donors (Lipinski definition) is 2. The van der Waals surface area contributed by atoms with Crippen LogP contribution in [0.4, 0.5) is 0 Å². The van der Waals surface area contributed by atoms with Crippen molar-refractivity contribution in [3.8, 4) is 0 Å². The molecule has 4 heteroatoms. The van der Waals surface area contributed by atoms with Crippen LogP contribution in [-0.4, -0.2) is 17.1 Å². The number of halogens is 1. The van der Waals surface area contributed by atoms with Crippen LogP contribution in [-0.2, 0) is 0 Å². The minimum Gasteiger partial charge on any atom is -0.271 e. The summed E-state index contributed by atoms with van der Waals surface area (Å²) in [5, 5.41) is 0.249. The smallest absolute Gasteiger partial charge is 0.0659 e. The van der Waals surface area contributed by atoms with Crippen molar-refractivity contribution in [3.63, 3.8) is 0 Å². The Bertz CT molecular complexity index is 514. The molecule has 0 aliphatic heterocycles. The molecule has 0 aromatic carbocycles. The monoisotopic (exact) mass is 305 g/mol. The van der Waals surface area contributed by atoms with E-state index in [1.54, 1.807) is 0 Å². The molecule has 2 aliphatic rings. The van der Waals surface area contributed by atoms with Crippen molar-refractivity contribution in [1.29, 1.82) is 0 Å². The van der Waals surface area contributed by atoms with Gasteiger partial charge in [-0.25, -0.2) is 0 Å². The number of nitrogens with two attached hydrogens (primary N) is 1. The number of nitrogens with zero attached hydrogens (tertiary/aromatic N) is 1. The van der Waals surface area contributed by atoms with Gasteiger partial charge in [0.2, 0.25) is 0 Å². The molecule has 0 heterocycles. The fraction of sp³-hybridized carbons (Fsp3) is 0.471. The molecule has 0 spiro atoms. The Balaban J connectivity index is 2.22. The number of hydrogen-bond acceptors (Lipinski definition) is 3. The molecule has 0 amide bonds. The number of hydrazine groups is 1. The maximum absolute atomic E-state index is 6.13. The van der Waals surface area contributed by atoms with E-state index in [4.69, 9.17) is 22.4 Å². The molecule has 0 aromatic rings. The number of aliphatic imine (C=N–C) groups is 1. The third kappa shape index (κ3) is 4.40. The highest BCUT2D eigenvalue weighted by atomic mass is 35.5. The van der Waals surface area contributed by atoms with Crippen LogP contribution in [0.25, 0.3) is 0 Å². The van der Waals surface area contributed by atoms with Gasteiger partial charge in [-0.05, 0) is 50.2 Å². The van der Waals surface area contributed by atoms with Crippen molar-refractivity contribution >= 4 is 17.3 Å². The molecule has 0 fully saturated rings. The lowest BCUT2D eigenvalue weighted by Gasteiger charge is -2.20. The van der Waals surface area contributed by atoms with Gasteiger partial charge in [-0.15, -0.1) is 11.6 Å². The van der Waals surface area contributed by atoms with E-state index in [9.17, 15) is 0 Å². The van der Waals surface area contributed by atoms with E-state index in [0.717, 1.165) is 49.1 Å². The van der Waals surface area contributed by atoms with Gasteiger partial charge in [0.15, 0.2) is 0 Å². The van der Waals surface area contributed by atoms with E-state index in [-0.39, 0.29) is 11.4 Å². The van der Waals surface area contributed by atoms with Gasteiger partial charge in [0.25, 0.3) is 0 Å². The normalized spacial score (nSPS) is 24.3. The quantitative estimate of drug-likeness (QED) is 0.351. The van der Waals surface area contributed by atoms with Gasteiger partial charge in [-0.2, -0.15) is 0 Å². The van der Waals surface area contributed by atoms with Crippen LogP contribution in [0.2, 0.25) is 0 Å². The molecule has 2 unspecified atom stereocenters. The highest BCUT2D eigenvalue weighted by molar-refractivity contribution is 6.20. The number of nitrogens with one attached hydrogen (secondary N) is 1. The molecule has 3 nitrogen and oxygen atoms in total. The second-order valence-corrected chi connectivity index (χ2v) is 6.19. The largest absolute Gasteiger partial charge is 0.271 e. The Kier molecular flexibility index (Phi) is 5.97. The van der Waals surface area contributed by atoms with Crippen LogP contribution in [0.3, 0.4) is 0 Å². The van der Waals surface area contributed by atoms with Gasteiger partial charge in [0.05, 0.1) is 17.5 Å². The minimum absolute atomic E-state index is 0.0132. The lowest BCUT2D eigenvalue weighted by molar-refractivity contribution is 0.694. The summed E-state index contributed by atoms with van der Waals surface area (Å²) >= 11 is 6.13. The second kappa shape index (κ2) is 7.74. The van der Waals surface area contributed by atoms with Crippen LogP contribution in [0.1, 0.15) is 39.0 Å². The minimum atomic E-state index is -0.0132. The molecule has 3 N–H and O–H groups in total. The second-order valence-electron chi connectivity index (χ2n) is 5.57. The summed E-state index contributed by atoms with van der Waals surface area (Å²) < 4.78 is 0. The number of rotatable bonds is 5. The summed E-state index contributed by atoms with van der Waals surface area (Å²) in [5.41, 5.74) is 6.91. The molecule has 0 radical (unpaired) electrons. The number of alkyl halides is 1. The van der Waals surface area contributed by atoms with Gasteiger partial charge >= 0.3 is 0 Å². The molecule has 21 heavy (non-hydrogen) atoms. The highest BCUT2D eigenvalue weighted by Crippen LogP contribution is 2.27. The molecule has 0 bridgehead atoms. The van der Waals surface area contributed by atoms with Crippen molar-refractivity contribution in [2.24, 2.45) is 10.8 Å². The van der Waals surface area contributed by atoms with Crippen LogP contribution in [0.15, 0.2) is 52.7 Å². The van der Waals surface area contributed by atoms with Crippen molar-refractivity contribution in [1.82, 2.24) is 5.43 Å². The first-order chi connectivity index (χ1) is 10.1. The highest BCUT2D eigenvalue weighted by Gasteiger charge is 2.17. The van der Waals surface area contributed by atoms with Crippen molar-refractivity contribution < 1.29 is 0 Å². The third-order valence-corrected chi connectivity index (χ3v) is 4.32. The third-order valence-electron chi connectivity index (χ3n) is 3.92. The molecule has 114 valence electrons. The zero-order valence-corrected chi connectivity index (χ0v) is 13.4. The van der Waals surface area contributed by atoms with Crippen molar-refractivity contribution in [2.45, 2.75) is 50.4 Å². The first-order valence-corrected chi connectivity index (χ1v) is 7.99. The summed E-state index contributed by atoms with van der Waals surface area (Å²) in [6.45, 7) is 6.15. The average Bonchev–Trinajstić information content (AvgIpc) is 2.53. The maximum Gasteiger partial charge on any atom is 0.0659 e. The predicted octanol–water partition coefficient (Wildman–Crippen LogP) is 3.79. The fourth-order valence-electron chi connectivity index (χ4n) is 2.58. The van der Waals surface area contributed by atoms with Gasteiger partial charge in [0.1, 0.15) is 0 Å². The Morgan fingerprint density at radius 3 is 2.86 bits per heavy atom. The molecule has 2 aliphatic carbocycles. The SMILES string of the molecule is C=C(N=C(C1=CCCC=C1)C(C)NN)C1=CCC(Cl)CC1. The zero-order valence-electron chi connectivity index (χ0n) is 12.6. The fourth-order valence-corrected chi connectivity index (χ4v) is 2.77. The van der Waals surface area contributed by atoms with E-state index >= 15 is 0 Å². The lowest BCUT2D eigenvalue weighted by Crippen LogP contribution is -2.39. The summed E-state index contributed by atoms with van der Waals surface area (Å²) in [5.74, 6) is 5.61. The van der Waals surface area contributed by atoms with E-state index in [2.05, 4.69) is 36.3 Å². The average molecular weight is 306 g/mol. The Morgan fingerprint density at radius 2 is 2.29 bits per heavy atom. The summed E-state index contributed by atoms with van der Waals surface area (Å²) in [4.78, 5) is 4.77. The standard InChI is InChI=1S/C17H24ClN3/c1-12(14-8-10-16(18)11-9-14)20-17(13(2)21-19)15-6-4-3-5-7-15/h4,6-8,13,16,21H,1,3,5,9-11,19H2,2H3. The molecular weight excluding hydrogens is 282 g/mol. The van der Waals surface area contributed by atoms with Crippen molar-refractivity contribution in [2.75, 3.05) is 0 Å². The van der Waals surface area contributed by atoms with E-state index in [1.807, 2.05) is 6.92 Å². The Morgan fingerprint density at radius 1 is 1.48 bits per heavy atom. The molecule has 2 atom stereocenters. The van der Waals surface area contributed by atoms with Crippen LogP contribution < -0.4 is 11.3 Å². The first-order valence-electron chi connectivity index (χ1n) is 7.56. The van der Waals surface area contributed by atoms with E-state index in [1.165, 1.54) is 5.57 Å². The molecular formula is C17H24ClN3. The van der Waals surface area contributed by atoms with Gasteiger partial charge in [-0.1, -0.05) is 30.9 Å². The lowest BCUT2D eigenvalue weighted by atomic mass is 9.96. The van der Waals surface area contributed by atoms with E-state index < -0.39 is 0 Å². The molecule has 2 rings (SSSR count). The van der Waals surface area contributed by atoms with Crippen molar-refractivity contribution in [3.05, 3.63) is 47.7 Å². The Labute approximate surface area is 132 Å². The van der Waals surface area contributed by atoms with E-state index in [0.29, 0.717) is 0 Å². The number of allylic oxidation sites excluding steroid dienone is 5. The van der Waals surface area contributed by atoms with Crippen LogP contribution >= 0.6 is 11.6 Å². The zero-order chi connectivity index (χ0) is 15.2. The topological polar surface area (TPSA) is 50.4 Å². The molecule has 0 saturated carbocycles. The summed E-state index contributed by atoms with van der Waals surface area (Å²) in [7, 11) is 0. The Hall–Kier alpha value is -1.16. The summed E-state index contributed by atoms with van der Waals surface area (Å²) in [6, 6.07) is -0.0132. The molecule has 0 saturated heterocycles. The van der Waals surface area contributed by atoms with Gasteiger partial charge in [0, 0.05) is 5.38 Å².